The van der Waals surface area contributed by atoms with Gasteiger partial charge in [0.25, 0.3) is 0 Å². The Hall–Kier alpha value is -6.70. The number of hydrogen-bond donors (Lipinski definition) is 0. The van der Waals surface area contributed by atoms with Gasteiger partial charge in [-0.15, -0.1) is 0 Å². The van der Waals surface area contributed by atoms with Crippen LogP contribution in [0.2, 0.25) is 0 Å². The third kappa shape index (κ3) is 5.96. The molecule has 0 aromatic heterocycles. The second-order valence-corrected chi connectivity index (χ2v) is 11.6. The number of hydrogen-bond acceptors (Lipinski definition) is 1. The van der Waals surface area contributed by atoms with E-state index in [1.165, 1.54) is 0 Å². The van der Waals surface area contributed by atoms with Gasteiger partial charge in [-0.25, -0.2) is 0 Å². The van der Waals surface area contributed by atoms with Crippen LogP contribution in [-0.4, -0.2) is 0 Å². The van der Waals surface area contributed by atoms with Crippen molar-refractivity contribution in [2.24, 2.45) is 0 Å². The molecule has 0 atom stereocenters. The molecule has 0 aliphatic heterocycles. The molecule has 0 spiro atoms. The SMILES string of the molecule is [2H]c1c([2H])c([2H])c(-c2c([2H])c([2H])c(-c3c([2H])c([2H])c(N(c4c([2H])c([2H])c(-c5cccc(-c6cccc7ccccc67)c5)c([2H])c4[2H])c4cccc5ccccc45)c([2H])c3[2H])c([2H])c2[2H])c([2H])c1[2H]. The van der Waals surface area contributed by atoms with Crippen molar-refractivity contribution in [3.63, 3.8) is 0 Å². The Bertz CT molecular complexity index is 3500. The molecule has 0 radical (unpaired) electrons. The van der Waals surface area contributed by atoms with E-state index in [2.05, 4.69) is 0 Å². The Morgan fingerprint density at radius 2 is 0.784 bits per heavy atom. The van der Waals surface area contributed by atoms with Crippen LogP contribution in [0.3, 0.4) is 0 Å². The predicted octanol–water partition coefficient (Wildman–Crippen LogP) is 14.1. The molecule has 240 valence electrons. The molecule has 9 aromatic carbocycles. The van der Waals surface area contributed by atoms with Gasteiger partial charge in [0.2, 0.25) is 0 Å². The molecule has 1 heteroatoms. The molecule has 0 fully saturated rings. The summed E-state index contributed by atoms with van der Waals surface area (Å²) in [5.41, 5.74) is -1.21. The van der Waals surface area contributed by atoms with Gasteiger partial charge in [0.05, 0.1) is 29.0 Å². The smallest absolute Gasteiger partial charge is 0.0645 e. The highest BCUT2D eigenvalue weighted by atomic mass is 15.1. The van der Waals surface area contributed by atoms with Crippen LogP contribution in [0.25, 0.3) is 66.1 Å². The summed E-state index contributed by atoms with van der Waals surface area (Å²) in [6.07, 6.45) is 0. The van der Waals surface area contributed by atoms with Gasteiger partial charge in [-0.3, -0.25) is 0 Å². The Balaban J connectivity index is 1.28. The summed E-state index contributed by atoms with van der Waals surface area (Å²) in [6.45, 7) is 0. The molecule has 9 rings (SSSR count). The number of nitrogens with zero attached hydrogens (tertiary/aromatic N) is 1. The lowest BCUT2D eigenvalue weighted by Gasteiger charge is -2.27. The Labute approximate surface area is 323 Å². The summed E-state index contributed by atoms with van der Waals surface area (Å²) in [5, 5.41) is 3.12. The number of benzene rings is 9. The van der Waals surface area contributed by atoms with E-state index >= 15 is 0 Å². The van der Waals surface area contributed by atoms with Gasteiger partial charge in [-0.1, -0.05) is 176 Å². The zero-order chi connectivity index (χ0) is 48.8. The summed E-state index contributed by atoms with van der Waals surface area (Å²) in [7, 11) is 0. The predicted molar refractivity (Wildman–Crippen MR) is 218 cm³/mol. The molecule has 0 heterocycles. The molecular formula is C50H35N. The number of rotatable bonds is 7. The normalized spacial score (nSPS) is 15.8. The number of anilines is 3. The lowest BCUT2D eigenvalue weighted by molar-refractivity contribution is 1.30. The first-order valence-corrected chi connectivity index (χ1v) is 16.1. The summed E-state index contributed by atoms with van der Waals surface area (Å²) in [4.78, 5) is 1.15. The van der Waals surface area contributed by atoms with Crippen LogP contribution < -0.4 is 4.90 Å². The van der Waals surface area contributed by atoms with Crippen LogP contribution in [0.15, 0.2) is 212 Å². The van der Waals surface area contributed by atoms with Crippen LogP contribution in [0.1, 0.15) is 23.3 Å². The van der Waals surface area contributed by atoms with Gasteiger partial charge in [0, 0.05) is 16.8 Å². The first-order valence-electron chi connectivity index (χ1n) is 24.6. The summed E-state index contributed by atoms with van der Waals surface area (Å²) in [5.74, 6) is 0. The minimum Gasteiger partial charge on any atom is -0.310 e. The fourth-order valence-corrected chi connectivity index (χ4v) is 6.12. The largest absolute Gasteiger partial charge is 0.310 e. The Morgan fingerprint density at radius 1 is 0.333 bits per heavy atom. The van der Waals surface area contributed by atoms with E-state index in [4.69, 9.17) is 12.3 Å². The monoisotopic (exact) mass is 666 g/mol. The van der Waals surface area contributed by atoms with E-state index < -0.39 is 136 Å². The van der Waals surface area contributed by atoms with Crippen molar-refractivity contribution in [2.45, 2.75) is 0 Å². The highest BCUT2D eigenvalue weighted by molar-refractivity contribution is 6.00. The molecule has 0 bridgehead atoms. The van der Waals surface area contributed by atoms with Crippen LogP contribution in [-0.2, 0) is 0 Å². The van der Waals surface area contributed by atoms with Crippen molar-refractivity contribution in [3.05, 3.63) is 212 Å². The first-order chi connectivity index (χ1) is 32.4. The topological polar surface area (TPSA) is 3.24 Å². The van der Waals surface area contributed by atoms with E-state index in [0.29, 0.717) is 16.3 Å². The average Bonchev–Trinajstić information content (AvgIpc) is 3.34. The van der Waals surface area contributed by atoms with Crippen molar-refractivity contribution < 1.29 is 23.3 Å². The lowest BCUT2D eigenvalue weighted by Crippen LogP contribution is -2.10. The van der Waals surface area contributed by atoms with Crippen molar-refractivity contribution in [1.82, 2.24) is 0 Å². The quantitative estimate of drug-likeness (QED) is 0.164. The maximum atomic E-state index is 9.57. The fraction of sp³-hybridized carbons (Fsp3) is 0. The molecule has 0 N–H and O–H groups in total. The molecule has 0 unspecified atom stereocenters. The van der Waals surface area contributed by atoms with Gasteiger partial charge in [-0.05, 0) is 97.0 Å². The Morgan fingerprint density at radius 3 is 1.43 bits per heavy atom. The van der Waals surface area contributed by atoms with E-state index in [0.717, 1.165) is 26.8 Å². The molecule has 9 aromatic rings. The molecular weight excluding hydrogens is 615 g/mol. The highest BCUT2D eigenvalue weighted by Crippen LogP contribution is 2.41. The molecule has 0 saturated carbocycles. The first kappa shape index (κ1) is 17.3. The Kier molecular flexibility index (Phi) is 4.51. The van der Waals surface area contributed by atoms with Gasteiger partial charge in [-0.2, -0.15) is 0 Å². The standard InChI is InChI=1S/C50H35N/c1-2-11-36(12-3-1)37-23-25-38(26-24-37)39-27-31-45(32-28-39)51(50-22-10-16-42-14-5-7-20-49(42)50)46-33-29-40(30-34-46)43-17-8-18-44(35-43)48-21-9-15-41-13-4-6-19-47(41)48/h1-35H/i1D,2D,3D,11D,12D,23D,24D,25D,26D,27D,28D,29D,30D,31D,32D,33D,34D. The van der Waals surface area contributed by atoms with Gasteiger partial charge < -0.3 is 4.90 Å². The van der Waals surface area contributed by atoms with Crippen LogP contribution >= 0.6 is 0 Å². The van der Waals surface area contributed by atoms with E-state index in [-0.39, 0.29) is 11.3 Å². The van der Waals surface area contributed by atoms with Gasteiger partial charge >= 0.3 is 0 Å². The molecule has 0 aliphatic carbocycles. The van der Waals surface area contributed by atoms with Crippen molar-refractivity contribution in [2.75, 3.05) is 4.90 Å². The molecule has 1 nitrogen and oxygen atoms in total. The summed E-state index contributed by atoms with van der Waals surface area (Å²) in [6, 6.07) is 20.3. The van der Waals surface area contributed by atoms with Crippen LogP contribution in [0, 0.1) is 0 Å². The molecule has 51 heavy (non-hydrogen) atoms. The maximum Gasteiger partial charge on any atom is 0.0645 e. The molecule has 0 amide bonds. The van der Waals surface area contributed by atoms with E-state index in [1.807, 2.05) is 48.5 Å². The minimum atomic E-state index is -0.869. The van der Waals surface area contributed by atoms with Crippen LogP contribution in [0.5, 0.6) is 0 Å². The highest BCUT2D eigenvalue weighted by Gasteiger charge is 2.16. The molecule has 0 aliphatic rings. The van der Waals surface area contributed by atoms with Crippen molar-refractivity contribution in [1.29, 1.82) is 0 Å². The van der Waals surface area contributed by atoms with Gasteiger partial charge in [0.1, 0.15) is 0 Å². The third-order valence-electron chi connectivity index (χ3n) is 8.56. The zero-order valence-electron chi connectivity index (χ0n) is 43.8. The van der Waals surface area contributed by atoms with Crippen molar-refractivity contribution in [3.8, 4) is 44.5 Å². The maximum absolute atomic E-state index is 9.57. The van der Waals surface area contributed by atoms with E-state index in [1.54, 1.807) is 60.7 Å². The zero-order valence-corrected chi connectivity index (χ0v) is 26.8. The second-order valence-electron chi connectivity index (χ2n) is 11.6. The van der Waals surface area contributed by atoms with Gasteiger partial charge in [0.15, 0.2) is 0 Å². The summed E-state index contributed by atoms with van der Waals surface area (Å²) < 4.78 is 153. The lowest BCUT2D eigenvalue weighted by atomic mass is 9.95. The van der Waals surface area contributed by atoms with E-state index in [9.17, 15) is 11.0 Å². The third-order valence-corrected chi connectivity index (χ3v) is 8.56. The van der Waals surface area contributed by atoms with Crippen molar-refractivity contribution >= 4 is 38.6 Å². The van der Waals surface area contributed by atoms with Crippen LogP contribution in [0.4, 0.5) is 17.1 Å². The fourth-order valence-electron chi connectivity index (χ4n) is 6.12. The summed E-state index contributed by atoms with van der Waals surface area (Å²) >= 11 is 0. The minimum absolute atomic E-state index is 0.0194. The second kappa shape index (κ2) is 13.3. The number of fused-ring (bicyclic) bond motifs is 2. The molecule has 0 saturated heterocycles. The average molecular weight is 667 g/mol.